The Kier molecular flexibility index (Phi) is 3.56. The van der Waals surface area contributed by atoms with Gasteiger partial charge in [0.05, 0.1) is 6.10 Å². The molecule has 3 fully saturated rings. The molecule has 1 aromatic rings. The summed E-state index contributed by atoms with van der Waals surface area (Å²) in [6, 6.07) is 9.62. The van der Waals surface area contributed by atoms with Crippen LogP contribution in [0.25, 0.3) is 0 Å². The Bertz CT molecular complexity index is 464. The molecule has 0 aromatic heterocycles. The van der Waals surface area contributed by atoms with Gasteiger partial charge in [0.1, 0.15) is 11.7 Å². The van der Waals surface area contributed by atoms with Crippen molar-refractivity contribution in [2.24, 2.45) is 5.92 Å². The highest BCUT2D eigenvalue weighted by Gasteiger charge is 2.59. The van der Waals surface area contributed by atoms with Crippen molar-refractivity contribution in [2.75, 3.05) is 13.2 Å². The molecule has 110 valence electrons. The van der Waals surface area contributed by atoms with Gasteiger partial charge in [0.15, 0.2) is 0 Å². The van der Waals surface area contributed by atoms with Gasteiger partial charge in [-0.3, -0.25) is 4.90 Å². The molecule has 1 aromatic carbocycles. The molecule has 4 N–H and O–H groups in total. The fourth-order valence-electron chi connectivity index (χ4n) is 3.64. The molecule has 5 heteroatoms. The van der Waals surface area contributed by atoms with Gasteiger partial charge in [-0.25, -0.2) is 0 Å². The number of nitrogens with zero attached hydrogens (tertiary/aromatic N) is 1. The molecule has 2 aliphatic heterocycles. The predicted octanol–water partition coefficient (Wildman–Crippen LogP) is -0.664. The van der Waals surface area contributed by atoms with Crippen LogP contribution in [0.4, 0.5) is 0 Å². The van der Waals surface area contributed by atoms with Crippen molar-refractivity contribution in [3.63, 3.8) is 0 Å². The molecule has 0 amide bonds. The second-order valence-electron chi connectivity index (χ2n) is 6.00. The molecule has 4 rings (SSSR count). The van der Waals surface area contributed by atoms with E-state index >= 15 is 0 Å². The summed E-state index contributed by atoms with van der Waals surface area (Å²) in [6.07, 6.45) is -1.66. The van der Waals surface area contributed by atoms with Crippen LogP contribution in [0.3, 0.4) is 0 Å². The first-order valence-corrected chi connectivity index (χ1v) is 7.03. The van der Waals surface area contributed by atoms with E-state index in [0.29, 0.717) is 13.0 Å². The Morgan fingerprint density at radius 1 is 1.20 bits per heavy atom. The van der Waals surface area contributed by atoms with Gasteiger partial charge in [0, 0.05) is 31.7 Å². The van der Waals surface area contributed by atoms with Crippen molar-refractivity contribution in [3.05, 3.63) is 35.9 Å². The van der Waals surface area contributed by atoms with Crippen molar-refractivity contribution < 1.29 is 20.4 Å². The van der Waals surface area contributed by atoms with E-state index in [2.05, 4.69) is 0 Å². The SMILES string of the molecule is OC[C@H]1C[C@H]2[C@@H](O)[C@@H](O)[C@@]1(O)CN2Cc1ccccc1. The number of piperidine rings is 2. The van der Waals surface area contributed by atoms with Crippen LogP contribution in [-0.4, -0.2) is 62.3 Å². The maximum absolute atomic E-state index is 10.7. The minimum Gasteiger partial charge on any atom is -0.396 e. The van der Waals surface area contributed by atoms with Crippen LogP contribution in [-0.2, 0) is 6.54 Å². The van der Waals surface area contributed by atoms with Gasteiger partial charge in [-0.05, 0) is 12.0 Å². The fourth-order valence-corrected chi connectivity index (χ4v) is 3.64. The van der Waals surface area contributed by atoms with E-state index in [9.17, 15) is 20.4 Å². The Morgan fingerprint density at radius 3 is 2.55 bits per heavy atom. The van der Waals surface area contributed by atoms with Crippen LogP contribution in [0.5, 0.6) is 0 Å². The summed E-state index contributed by atoms with van der Waals surface area (Å²) < 4.78 is 0. The smallest absolute Gasteiger partial charge is 0.112 e. The molecule has 1 saturated carbocycles. The number of rotatable bonds is 3. The molecule has 0 spiro atoms. The van der Waals surface area contributed by atoms with Gasteiger partial charge in [-0.2, -0.15) is 0 Å². The summed E-state index contributed by atoms with van der Waals surface area (Å²) >= 11 is 0. The Balaban J connectivity index is 1.83. The number of benzene rings is 1. The third kappa shape index (κ3) is 2.06. The second-order valence-corrected chi connectivity index (χ2v) is 6.00. The third-order valence-electron chi connectivity index (χ3n) is 4.84. The molecular formula is C15H21NO4. The normalized spacial score (nSPS) is 41.0. The fraction of sp³-hybridized carbons (Fsp3) is 0.600. The first-order valence-electron chi connectivity index (χ1n) is 7.03. The third-order valence-corrected chi connectivity index (χ3v) is 4.84. The standard InChI is InChI=1S/C15H21NO4/c17-8-11-6-12-13(18)14(19)15(11,20)9-16(12)7-10-4-2-1-3-5-10/h1-5,11-14,17-20H,6-9H2/t11-,12+,13-,14-,15-/m1/s1. The minimum atomic E-state index is -1.43. The molecule has 2 bridgehead atoms. The van der Waals surface area contributed by atoms with E-state index in [4.69, 9.17) is 0 Å². The van der Waals surface area contributed by atoms with Gasteiger partial charge in [-0.15, -0.1) is 0 Å². The van der Waals surface area contributed by atoms with Crippen LogP contribution < -0.4 is 0 Å². The van der Waals surface area contributed by atoms with E-state index in [1.165, 1.54) is 0 Å². The van der Waals surface area contributed by atoms with Crippen molar-refractivity contribution >= 4 is 0 Å². The van der Waals surface area contributed by atoms with E-state index < -0.39 is 17.8 Å². The van der Waals surface area contributed by atoms with Crippen molar-refractivity contribution in [3.8, 4) is 0 Å². The number of aliphatic hydroxyl groups is 4. The van der Waals surface area contributed by atoms with E-state index in [1.54, 1.807) is 0 Å². The van der Waals surface area contributed by atoms with Gasteiger partial charge < -0.3 is 20.4 Å². The van der Waals surface area contributed by atoms with Crippen molar-refractivity contribution in [2.45, 2.75) is 36.8 Å². The molecule has 5 nitrogen and oxygen atoms in total. The Labute approximate surface area is 118 Å². The highest BCUT2D eigenvalue weighted by molar-refractivity contribution is 5.18. The Morgan fingerprint density at radius 2 is 1.90 bits per heavy atom. The second kappa shape index (κ2) is 5.09. The predicted molar refractivity (Wildman–Crippen MR) is 72.8 cm³/mol. The van der Waals surface area contributed by atoms with Crippen LogP contribution in [0.15, 0.2) is 30.3 Å². The number of hydrogen-bond acceptors (Lipinski definition) is 5. The summed E-state index contributed by atoms with van der Waals surface area (Å²) in [7, 11) is 0. The highest BCUT2D eigenvalue weighted by Crippen LogP contribution is 2.43. The molecule has 0 radical (unpaired) electrons. The molecule has 2 heterocycles. The van der Waals surface area contributed by atoms with Crippen LogP contribution >= 0.6 is 0 Å². The lowest BCUT2D eigenvalue weighted by Crippen LogP contribution is -2.75. The molecule has 3 aliphatic rings. The highest BCUT2D eigenvalue weighted by atomic mass is 16.4. The number of hydrogen-bond donors (Lipinski definition) is 4. The molecular weight excluding hydrogens is 258 g/mol. The summed E-state index contributed by atoms with van der Waals surface area (Å²) in [4.78, 5) is 2.00. The maximum atomic E-state index is 10.7. The van der Waals surface area contributed by atoms with Gasteiger partial charge in [-0.1, -0.05) is 30.3 Å². The molecule has 0 unspecified atom stereocenters. The lowest BCUT2D eigenvalue weighted by Gasteiger charge is -2.58. The summed E-state index contributed by atoms with van der Waals surface area (Å²) in [5.74, 6) is -0.377. The van der Waals surface area contributed by atoms with E-state index in [1.807, 2.05) is 35.2 Å². The first kappa shape index (κ1) is 14.0. The van der Waals surface area contributed by atoms with Gasteiger partial charge in [0.25, 0.3) is 0 Å². The molecule has 20 heavy (non-hydrogen) atoms. The van der Waals surface area contributed by atoms with Crippen molar-refractivity contribution in [1.82, 2.24) is 4.90 Å². The first-order chi connectivity index (χ1) is 9.56. The monoisotopic (exact) mass is 279 g/mol. The number of aliphatic hydroxyl groups excluding tert-OH is 3. The van der Waals surface area contributed by atoms with Gasteiger partial charge >= 0.3 is 0 Å². The zero-order valence-corrected chi connectivity index (χ0v) is 11.3. The zero-order chi connectivity index (χ0) is 14.3. The average Bonchev–Trinajstić information content (AvgIpc) is 2.45. The van der Waals surface area contributed by atoms with Crippen LogP contribution in [0, 0.1) is 5.92 Å². The van der Waals surface area contributed by atoms with Gasteiger partial charge in [0.2, 0.25) is 0 Å². The maximum Gasteiger partial charge on any atom is 0.112 e. The average molecular weight is 279 g/mol. The largest absolute Gasteiger partial charge is 0.396 e. The lowest BCUT2D eigenvalue weighted by atomic mass is 9.65. The lowest BCUT2D eigenvalue weighted by molar-refractivity contribution is -0.255. The van der Waals surface area contributed by atoms with E-state index in [0.717, 1.165) is 5.56 Å². The molecule has 1 aliphatic carbocycles. The molecule has 5 atom stereocenters. The number of fused-ring (bicyclic) bond motifs is 3. The summed E-state index contributed by atoms with van der Waals surface area (Å²) in [5.41, 5.74) is -0.330. The van der Waals surface area contributed by atoms with Crippen LogP contribution in [0.1, 0.15) is 12.0 Å². The summed E-state index contributed by atoms with van der Waals surface area (Å²) in [5, 5.41) is 40.3. The topological polar surface area (TPSA) is 84.2 Å². The molecule has 2 saturated heterocycles. The van der Waals surface area contributed by atoms with E-state index in [-0.39, 0.29) is 25.1 Å². The van der Waals surface area contributed by atoms with Crippen molar-refractivity contribution in [1.29, 1.82) is 0 Å². The summed E-state index contributed by atoms with van der Waals surface area (Å²) in [6.45, 7) is 0.724. The zero-order valence-electron chi connectivity index (χ0n) is 11.3. The van der Waals surface area contributed by atoms with Crippen LogP contribution in [0.2, 0.25) is 0 Å². The Hall–Kier alpha value is -0.980. The quantitative estimate of drug-likeness (QED) is 0.590. The minimum absolute atomic E-state index is 0.171.